The normalized spacial score (nSPS) is 11.0. The second-order valence-corrected chi connectivity index (χ2v) is 7.45. The van der Waals surface area contributed by atoms with Crippen LogP contribution in [0.25, 0.3) is 10.9 Å². The van der Waals surface area contributed by atoms with Gasteiger partial charge in [0.25, 0.3) is 5.56 Å². The van der Waals surface area contributed by atoms with Crippen LogP contribution in [0.3, 0.4) is 0 Å². The summed E-state index contributed by atoms with van der Waals surface area (Å²) in [6, 6.07) is 26.0. The summed E-state index contributed by atoms with van der Waals surface area (Å²) in [7, 11) is 0. The van der Waals surface area contributed by atoms with Gasteiger partial charge in [0.15, 0.2) is 5.16 Å². The summed E-state index contributed by atoms with van der Waals surface area (Å²) in [4.78, 5) is 17.9. The average Bonchev–Trinajstić information content (AvgIpc) is 2.71. The van der Waals surface area contributed by atoms with Crippen LogP contribution in [0.15, 0.2) is 88.8 Å². The van der Waals surface area contributed by atoms with E-state index < -0.39 is 0 Å². The van der Waals surface area contributed by atoms with Gasteiger partial charge in [-0.25, -0.2) is 4.98 Å². The van der Waals surface area contributed by atoms with E-state index in [0.717, 1.165) is 22.0 Å². The second-order valence-electron chi connectivity index (χ2n) is 6.50. The number of aryl methyl sites for hydroxylation is 1. The first-order valence-corrected chi connectivity index (χ1v) is 9.92. The van der Waals surface area contributed by atoms with Gasteiger partial charge in [-0.2, -0.15) is 0 Å². The molecule has 0 unspecified atom stereocenters. The molecule has 0 aliphatic carbocycles. The molecule has 0 aliphatic heterocycles. The fourth-order valence-corrected chi connectivity index (χ4v) is 4.15. The zero-order valence-electron chi connectivity index (χ0n) is 15.1. The minimum Gasteiger partial charge on any atom is -0.283 e. The van der Waals surface area contributed by atoms with Crippen molar-refractivity contribution in [1.29, 1.82) is 0 Å². The van der Waals surface area contributed by atoms with Gasteiger partial charge in [0.05, 0.1) is 17.4 Å². The van der Waals surface area contributed by atoms with E-state index in [4.69, 9.17) is 4.98 Å². The van der Waals surface area contributed by atoms with E-state index in [0.29, 0.717) is 11.9 Å². The largest absolute Gasteiger partial charge is 0.283 e. The molecule has 1 aromatic heterocycles. The molecule has 27 heavy (non-hydrogen) atoms. The predicted octanol–water partition coefficient (Wildman–Crippen LogP) is 5.05. The van der Waals surface area contributed by atoms with Crippen LogP contribution in [-0.4, -0.2) is 9.55 Å². The molecular formula is C23H20N2OS. The Labute approximate surface area is 162 Å². The van der Waals surface area contributed by atoms with Crippen molar-refractivity contribution in [3.8, 4) is 0 Å². The van der Waals surface area contributed by atoms with E-state index in [2.05, 4.69) is 19.1 Å². The molecule has 0 radical (unpaired) electrons. The zero-order chi connectivity index (χ0) is 18.6. The van der Waals surface area contributed by atoms with Crippen molar-refractivity contribution in [2.75, 3.05) is 0 Å². The van der Waals surface area contributed by atoms with Crippen molar-refractivity contribution >= 4 is 22.7 Å². The van der Waals surface area contributed by atoms with Gasteiger partial charge in [0, 0.05) is 5.75 Å². The van der Waals surface area contributed by atoms with Gasteiger partial charge in [-0.05, 0) is 35.7 Å². The number of hydrogen-bond acceptors (Lipinski definition) is 3. The Hall–Kier alpha value is -2.85. The molecule has 134 valence electrons. The lowest BCUT2D eigenvalue weighted by atomic mass is 10.1. The molecule has 0 amide bonds. The van der Waals surface area contributed by atoms with Gasteiger partial charge in [-0.1, -0.05) is 78.5 Å². The molecule has 1 heterocycles. The van der Waals surface area contributed by atoms with E-state index in [9.17, 15) is 4.79 Å². The number of nitrogens with zero attached hydrogens (tertiary/aromatic N) is 2. The first-order chi connectivity index (χ1) is 13.2. The molecule has 4 aromatic rings. The van der Waals surface area contributed by atoms with Crippen molar-refractivity contribution in [1.82, 2.24) is 9.55 Å². The molecule has 0 aliphatic rings. The van der Waals surface area contributed by atoms with E-state index in [1.165, 1.54) is 11.1 Å². The van der Waals surface area contributed by atoms with Crippen LogP contribution in [0.4, 0.5) is 0 Å². The molecule has 0 saturated carbocycles. The van der Waals surface area contributed by atoms with Crippen molar-refractivity contribution < 1.29 is 0 Å². The SMILES string of the molecule is Cc1ccccc1CSc1nc2ccccc2c(=O)n1Cc1ccccc1. The first kappa shape index (κ1) is 17.6. The minimum atomic E-state index is 0.0109. The topological polar surface area (TPSA) is 34.9 Å². The van der Waals surface area contributed by atoms with E-state index in [1.807, 2.05) is 66.7 Å². The number of rotatable bonds is 5. The molecule has 0 N–H and O–H groups in total. The van der Waals surface area contributed by atoms with Gasteiger partial charge in [-0.3, -0.25) is 9.36 Å². The average molecular weight is 372 g/mol. The van der Waals surface area contributed by atoms with Gasteiger partial charge in [-0.15, -0.1) is 0 Å². The number of fused-ring (bicyclic) bond motifs is 1. The summed E-state index contributed by atoms with van der Waals surface area (Å²) in [5, 5.41) is 1.42. The Morgan fingerprint density at radius 3 is 2.41 bits per heavy atom. The molecule has 0 spiro atoms. The van der Waals surface area contributed by atoms with Gasteiger partial charge in [0.1, 0.15) is 0 Å². The molecular weight excluding hydrogens is 352 g/mol. The molecule has 0 atom stereocenters. The third-order valence-corrected chi connectivity index (χ3v) is 5.65. The highest BCUT2D eigenvalue weighted by atomic mass is 32.2. The number of benzene rings is 3. The van der Waals surface area contributed by atoms with Crippen molar-refractivity contribution in [2.24, 2.45) is 0 Å². The van der Waals surface area contributed by atoms with Crippen LogP contribution in [0, 0.1) is 6.92 Å². The van der Waals surface area contributed by atoms with E-state index in [1.54, 1.807) is 16.3 Å². The maximum atomic E-state index is 13.1. The highest BCUT2D eigenvalue weighted by Gasteiger charge is 2.12. The quantitative estimate of drug-likeness (QED) is 0.363. The minimum absolute atomic E-state index is 0.0109. The fourth-order valence-electron chi connectivity index (χ4n) is 3.08. The molecule has 0 saturated heterocycles. The van der Waals surface area contributed by atoms with Gasteiger partial charge in [0.2, 0.25) is 0 Å². The molecule has 4 heteroatoms. The number of para-hydroxylation sites is 1. The molecule has 4 rings (SSSR count). The van der Waals surface area contributed by atoms with Crippen LogP contribution >= 0.6 is 11.8 Å². The van der Waals surface area contributed by atoms with Crippen LogP contribution in [0.1, 0.15) is 16.7 Å². The number of hydrogen-bond donors (Lipinski definition) is 0. The third-order valence-electron chi connectivity index (χ3n) is 4.63. The molecule has 3 aromatic carbocycles. The lowest BCUT2D eigenvalue weighted by Gasteiger charge is -2.14. The molecule has 0 fully saturated rings. The molecule has 3 nitrogen and oxygen atoms in total. The highest BCUT2D eigenvalue weighted by Crippen LogP contribution is 2.24. The first-order valence-electron chi connectivity index (χ1n) is 8.93. The Kier molecular flexibility index (Phi) is 5.07. The smallest absolute Gasteiger partial charge is 0.262 e. The van der Waals surface area contributed by atoms with Crippen molar-refractivity contribution in [3.05, 3.63) is 106 Å². The van der Waals surface area contributed by atoms with Gasteiger partial charge >= 0.3 is 0 Å². The summed E-state index contributed by atoms with van der Waals surface area (Å²) in [6.45, 7) is 2.63. The van der Waals surface area contributed by atoms with Gasteiger partial charge < -0.3 is 0 Å². The Morgan fingerprint density at radius 1 is 0.889 bits per heavy atom. The predicted molar refractivity (Wildman–Crippen MR) is 112 cm³/mol. The highest BCUT2D eigenvalue weighted by molar-refractivity contribution is 7.98. The van der Waals surface area contributed by atoms with Crippen LogP contribution in [0.5, 0.6) is 0 Å². The Bertz CT molecular complexity index is 1140. The zero-order valence-corrected chi connectivity index (χ0v) is 15.9. The second kappa shape index (κ2) is 7.80. The number of thioether (sulfide) groups is 1. The fraction of sp³-hybridized carbons (Fsp3) is 0.130. The monoisotopic (exact) mass is 372 g/mol. The Balaban J connectivity index is 1.76. The number of aromatic nitrogens is 2. The van der Waals surface area contributed by atoms with Crippen molar-refractivity contribution in [3.63, 3.8) is 0 Å². The summed E-state index contributed by atoms with van der Waals surface area (Å²) in [5.74, 6) is 0.784. The summed E-state index contributed by atoms with van der Waals surface area (Å²) >= 11 is 1.61. The van der Waals surface area contributed by atoms with Crippen LogP contribution in [-0.2, 0) is 12.3 Å². The maximum Gasteiger partial charge on any atom is 0.262 e. The maximum absolute atomic E-state index is 13.1. The summed E-state index contributed by atoms with van der Waals surface area (Å²) in [5.41, 5.74) is 4.36. The summed E-state index contributed by atoms with van der Waals surface area (Å²) in [6.07, 6.45) is 0. The van der Waals surface area contributed by atoms with Crippen molar-refractivity contribution in [2.45, 2.75) is 24.4 Å². The van der Waals surface area contributed by atoms with E-state index >= 15 is 0 Å². The molecule has 0 bridgehead atoms. The lowest BCUT2D eigenvalue weighted by Crippen LogP contribution is -2.24. The Morgan fingerprint density at radius 2 is 1.59 bits per heavy atom. The van der Waals surface area contributed by atoms with Crippen LogP contribution < -0.4 is 5.56 Å². The van der Waals surface area contributed by atoms with E-state index in [-0.39, 0.29) is 5.56 Å². The lowest BCUT2D eigenvalue weighted by molar-refractivity contribution is 0.658. The third kappa shape index (κ3) is 3.81. The van der Waals surface area contributed by atoms with Crippen LogP contribution in [0.2, 0.25) is 0 Å². The summed E-state index contributed by atoms with van der Waals surface area (Å²) < 4.78 is 1.79. The standard InChI is InChI=1S/C23H20N2OS/c1-17-9-5-6-12-19(17)16-27-23-24-21-14-8-7-13-20(21)22(26)25(23)15-18-10-3-2-4-11-18/h2-14H,15-16H2,1H3.